The molecule has 11 aromatic carbocycles. The maximum absolute atomic E-state index is 2.59. The maximum Gasteiger partial charge on any atom is 0.252 e. The van der Waals surface area contributed by atoms with Crippen molar-refractivity contribution < 1.29 is 0 Å². The predicted molar refractivity (Wildman–Crippen MR) is 309 cm³/mol. The molecule has 3 heterocycles. The van der Waals surface area contributed by atoms with Gasteiger partial charge in [0.1, 0.15) is 0 Å². The smallest absolute Gasteiger partial charge is 0.252 e. The van der Waals surface area contributed by atoms with E-state index in [1.54, 1.807) is 0 Å². The topological polar surface area (TPSA) is 11.4 Å². The van der Waals surface area contributed by atoms with Gasteiger partial charge >= 0.3 is 0 Å². The average Bonchev–Trinajstić information content (AvgIpc) is 3.68. The van der Waals surface area contributed by atoms with Crippen molar-refractivity contribution in [2.75, 3.05) is 9.80 Å². The maximum atomic E-state index is 2.59. The molecule has 0 N–H and O–H groups in total. The molecular formula is C68H52BN3. The normalized spacial score (nSPS) is 13.6. The van der Waals surface area contributed by atoms with Crippen molar-refractivity contribution >= 4 is 111 Å². The summed E-state index contributed by atoms with van der Waals surface area (Å²) in [5.41, 5.74) is 22.4. The second-order valence-electron chi connectivity index (χ2n) is 22.5. The van der Waals surface area contributed by atoms with Crippen molar-refractivity contribution in [3.8, 4) is 27.9 Å². The lowest BCUT2D eigenvalue weighted by atomic mass is 9.32. The monoisotopic (exact) mass is 921 g/mol. The second kappa shape index (κ2) is 14.6. The molecule has 72 heavy (non-hydrogen) atoms. The van der Waals surface area contributed by atoms with Gasteiger partial charge in [0.2, 0.25) is 0 Å². The number of aromatic nitrogens is 1. The Labute approximate surface area is 421 Å². The molecule has 0 radical (unpaired) electrons. The lowest BCUT2D eigenvalue weighted by molar-refractivity contribution is 0.590. The van der Waals surface area contributed by atoms with Crippen LogP contribution < -0.4 is 26.2 Å². The number of hydrogen-bond donors (Lipinski definition) is 0. The standard InChI is InChI=1S/C68H52BN3/c1-67(2,3)45-28-32-47(33-29-45)70-59-35-26-42-16-9-10-19-50(42)65(59)69-55-38-46(68(4,5)6)30-36-56(55)71(48-31-25-41-15-7-8-17-44(41)37-48)61-40-49(39-60(70)66(61)69)72-57-24-14-23-54-52-21-12-11-20-51(52)53-22-13-18-43-27-34-58(72)64(62(43)53)63(54)57/h7-40H,1-6H3. The Kier molecular flexibility index (Phi) is 8.42. The van der Waals surface area contributed by atoms with E-state index in [0.717, 1.165) is 17.1 Å². The summed E-state index contributed by atoms with van der Waals surface area (Å²) in [5, 5.41) is 10.2. The Bertz CT molecular complexity index is 4310. The fraction of sp³-hybridized carbons (Fsp3) is 0.118. The quantitative estimate of drug-likeness (QED) is 0.164. The predicted octanol–water partition coefficient (Wildman–Crippen LogP) is 16.6. The van der Waals surface area contributed by atoms with Crippen molar-refractivity contribution in [1.82, 2.24) is 4.57 Å². The lowest BCUT2D eigenvalue weighted by Crippen LogP contribution is -2.61. The molecular weight excluding hydrogens is 870 g/mol. The van der Waals surface area contributed by atoms with Gasteiger partial charge in [-0.25, -0.2) is 0 Å². The number of hydrogen-bond acceptors (Lipinski definition) is 2. The molecule has 3 aliphatic rings. The molecule has 0 saturated heterocycles. The zero-order chi connectivity index (χ0) is 48.4. The SMILES string of the molecule is CC(C)(C)c1ccc(N2c3cc(-n4c5cccc6c5c5c7c(cccc7ccc54)-c4ccccc4-6)cc4c3B(c3cc(C(C)(C)C)ccc3N4c3ccc4ccccc4c3)c3c2ccc2ccccc32)cc1. The number of nitrogens with zero attached hydrogens (tertiary/aromatic N) is 3. The molecule has 0 spiro atoms. The molecule has 12 aromatic rings. The minimum Gasteiger partial charge on any atom is -0.311 e. The molecule has 4 heteroatoms. The summed E-state index contributed by atoms with van der Waals surface area (Å²) < 4.78 is 2.58. The van der Waals surface area contributed by atoms with Gasteiger partial charge in [0.25, 0.3) is 6.71 Å². The molecule has 0 atom stereocenters. The van der Waals surface area contributed by atoms with Gasteiger partial charge in [-0.1, -0.05) is 187 Å². The summed E-state index contributed by atoms with van der Waals surface area (Å²) in [4.78, 5) is 5.19. The molecule has 0 saturated carbocycles. The first-order valence-corrected chi connectivity index (χ1v) is 25.6. The largest absolute Gasteiger partial charge is 0.311 e. The Morgan fingerprint density at radius 1 is 0.333 bits per heavy atom. The van der Waals surface area contributed by atoms with Crippen LogP contribution in [-0.4, -0.2) is 11.3 Å². The van der Waals surface area contributed by atoms with Crippen LogP contribution in [0.5, 0.6) is 0 Å². The minimum absolute atomic E-state index is 0.00998. The Morgan fingerprint density at radius 2 is 0.889 bits per heavy atom. The summed E-state index contributed by atoms with van der Waals surface area (Å²) in [6.07, 6.45) is 0. The zero-order valence-electron chi connectivity index (χ0n) is 41.5. The first kappa shape index (κ1) is 41.4. The van der Waals surface area contributed by atoms with Gasteiger partial charge in [-0.2, -0.15) is 0 Å². The summed E-state index contributed by atoms with van der Waals surface area (Å²) in [7, 11) is 0. The minimum atomic E-state index is -0.0601. The van der Waals surface area contributed by atoms with Gasteiger partial charge in [0.15, 0.2) is 0 Å². The van der Waals surface area contributed by atoms with E-state index in [9.17, 15) is 0 Å². The highest BCUT2D eigenvalue weighted by Crippen LogP contribution is 2.52. The summed E-state index contributed by atoms with van der Waals surface area (Å²) in [5.74, 6) is 0. The van der Waals surface area contributed by atoms with E-state index in [2.05, 4.69) is 262 Å². The third-order valence-corrected chi connectivity index (χ3v) is 16.4. The Balaban J connectivity index is 1.12. The highest BCUT2D eigenvalue weighted by molar-refractivity contribution is 7.01. The van der Waals surface area contributed by atoms with Gasteiger partial charge in [-0.05, 0) is 154 Å². The molecule has 1 aromatic heterocycles. The van der Waals surface area contributed by atoms with Gasteiger partial charge in [0, 0.05) is 44.9 Å². The molecule has 2 aliphatic heterocycles. The van der Waals surface area contributed by atoms with Crippen molar-refractivity contribution in [2.45, 2.75) is 52.4 Å². The van der Waals surface area contributed by atoms with E-state index in [-0.39, 0.29) is 17.5 Å². The van der Waals surface area contributed by atoms with Crippen LogP contribution in [-0.2, 0) is 10.8 Å². The average molecular weight is 922 g/mol. The van der Waals surface area contributed by atoms with E-state index in [1.807, 2.05) is 0 Å². The number of benzene rings is 11. The van der Waals surface area contributed by atoms with Crippen LogP contribution in [0.1, 0.15) is 52.7 Å². The van der Waals surface area contributed by atoms with Gasteiger partial charge in [-0.3, -0.25) is 0 Å². The highest BCUT2D eigenvalue weighted by atomic mass is 15.2. The van der Waals surface area contributed by atoms with Crippen LogP contribution in [0.3, 0.4) is 0 Å². The molecule has 0 bridgehead atoms. The Hall–Kier alpha value is -8.34. The van der Waals surface area contributed by atoms with E-state index >= 15 is 0 Å². The molecule has 0 unspecified atom stereocenters. The van der Waals surface area contributed by atoms with E-state index in [1.165, 1.54) is 127 Å². The fourth-order valence-electron chi connectivity index (χ4n) is 12.9. The van der Waals surface area contributed by atoms with Crippen LogP contribution in [0, 0.1) is 0 Å². The number of fused-ring (bicyclic) bond motifs is 10. The molecule has 0 fully saturated rings. The van der Waals surface area contributed by atoms with Gasteiger partial charge in [-0.15, -0.1) is 0 Å². The molecule has 3 nitrogen and oxygen atoms in total. The first-order chi connectivity index (χ1) is 35.0. The summed E-state index contributed by atoms with van der Waals surface area (Å²) in [6, 6.07) is 78.9. The van der Waals surface area contributed by atoms with Crippen molar-refractivity contribution in [3.05, 3.63) is 217 Å². The molecule has 15 rings (SSSR count). The zero-order valence-corrected chi connectivity index (χ0v) is 41.5. The molecule has 342 valence electrons. The second-order valence-corrected chi connectivity index (χ2v) is 22.5. The van der Waals surface area contributed by atoms with E-state index in [4.69, 9.17) is 0 Å². The van der Waals surface area contributed by atoms with Crippen LogP contribution in [0.4, 0.5) is 34.1 Å². The number of anilines is 6. The highest BCUT2D eigenvalue weighted by Gasteiger charge is 2.45. The number of rotatable bonds is 3. The van der Waals surface area contributed by atoms with Crippen LogP contribution >= 0.6 is 0 Å². The molecule has 0 amide bonds. The lowest BCUT2D eigenvalue weighted by Gasteiger charge is -2.45. The third kappa shape index (κ3) is 5.75. The van der Waals surface area contributed by atoms with Crippen molar-refractivity contribution in [1.29, 1.82) is 0 Å². The van der Waals surface area contributed by atoms with E-state index < -0.39 is 0 Å². The summed E-state index contributed by atoms with van der Waals surface area (Å²) in [6.45, 7) is 13.9. The van der Waals surface area contributed by atoms with Crippen molar-refractivity contribution in [2.24, 2.45) is 0 Å². The van der Waals surface area contributed by atoms with Crippen molar-refractivity contribution in [3.63, 3.8) is 0 Å². The van der Waals surface area contributed by atoms with Crippen LogP contribution in [0.25, 0.3) is 82.1 Å². The first-order valence-electron chi connectivity index (χ1n) is 25.6. The van der Waals surface area contributed by atoms with Crippen LogP contribution in [0.2, 0.25) is 0 Å². The van der Waals surface area contributed by atoms with E-state index in [0.29, 0.717) is 0 Å². The van der Waals surface area contributed by atoms with Gasteiger partial charge in [0.05, 0.1) is 16.7 Å². The molecule has 1 aliphatic carbocycles. The summed E-state index contributed by atoms with van der Waals surface area (Å²) >= 11 is 0. The third-order valence-electron chi connectivity index (χ3n) is 16.4. The Morgan fingerprint density at radius 3 is 1.64 bits per heavy atom. The van der Waals surface area contributed by atoms with Crippen LogP contribution in [0.15, 0.2) is 206 Å². The van der Waals surface area contributed by atoms with Gasteiger partial charge < -0.3 is 14.4 Å². The fourth-order valence-corrected chi connectivity index (χ4v) is 12.9.